The maximum absolute atomic E-state index is 5.95. The van der Waals surface area contributed by atoms with Crippen molar-refractivity contribution in [2.24, 2.45) is 4.99 Å². The predicted molar refractivity (Wildman–Crippen MR) is 71.3 cm³/mol. The molecule has 4 heteroatoms. The highest BCUT2D eigenvalue weighted by Gasteiger charge is 2.29. The van der Waals surface area contributed by atoms with Crippen molar-refractivity contribution in [1.29, 1.82) is 0 Å². The smallest absolute Gasteiger partial charge is 0.201 e. The Morgan fingerprint density at radius 2 is 2.35 bits per heavy atom. The summed E-state index contributed by atoms with van der Waals surface area (Å²) in [6.45, 7) is 1.82. The fourth-order valence-electron chi connectivity index (χ4n) is 2.36. The fourth-order valence-corrected chi connectivity index (χ4v) is 2.78. The Kier molecular flexibility index (Phi) is 3.16. The first-order chi connectivity index (χ1) is 8.33. The number of hydrogen-bond donors (Lipinski definition) is 1. The molecule has 0 radical (unpaired) electrons. The number of nitrogens with one attached hydrogen (secondary N) is 1. The number of nitrogens with zero attached hydrogens (tertiary/aromatic N) is 1. The van der Waals surface area contributed by atoms with E-state index in [0.717, 1.165) is 29.9 Å². The quantitative estimate of drug-likeness (QED) is 0.910. The second-order valence-electron chi connectivity index (χ2n) is 4.49. The highest BCUT2D eigenvalue weighted by molar-refractivity contribution is 9.10. The van der Waals surface area contributed by atoms with E-state index < -0.39 is 0 Å². The maximum Gasteiger partial charge on any atom is 0.201 e. The molecule has 2 aliphatic heterocycles. The van der Waals surface area contributed by atoms with Crippen LogP contribution in [0.4, 0.5) is 0 Å². The average Bonchev–Trinajstić information content (AvgIpc) is 3.00. The van der Waals surface area contributed by atoms with Crippen molar-refractivity contribution in [3.8, 4) is 0 Å². The number of halogens is 1. The molecule has 1 fully saturated rings. The van der Waals surface area contributed by atoms with Crippen LogP contribution in [0.5, 0.6) is 0 Å². The zero-order valence-corrected chi connectivity index (χ0v) is 11.1. The molecule has 1 aromatic carbocycles. The van der Waals surface area contributed by atoms with Gasteiger partial charge in [-0.05, 0) is 37.1 Å². The lowest BCUT2D eigenvalue weighted by atomic mass is 10.1. The van der Waals surface area contributed by atoms with Crippen molar-refractivity contribution >= 4 is 21.8 Å². The van der Waals surface area contributed by atoms with Crippen molar-refractivity contribution in [2.45, 2.75) is 25.0 Å². The molecular formula is C13H15BrN2O. The van der Waals surface area contributed by atoms with Gasteiger partial charge in [0.15, 0.2) is 0 Å². The monoisotopic (exact) mass is 294 g/mol. The molecule has 0 aliphatic carbocycles. The number of ether oxygens (including phenoxy) is 1. The molecule has 2 heterocycles. The van der Waals surface area contributed by atoms with Crippen LogP contribution in [0.15, 0.2) is 33.7 Å². The number of hydrogen-bond acceptors (Lipinski definition) is 3. The lowest BCUT2D eigenvalue weighted by molar-refractivity contribution is 0.219. The summed E-state index contributed by atoms with van der Waals surface area (Å²) in [7, 11) is 0. The van der Waals surface area contributed by atoms with Crippen molar-refractivity contribution in [1.82, 2.24) is 5.32 Å². The molecule has 0 bridgehead atoms. The minimum atomic E-state index is 0.0879. The van der Waals surface area contributed by atoms with Crippen LogP contribution < -0.4 is 5.32 Å². The van der Waals surface area contributed by atoms with Gasteiger partial charge in [0.1, 0.15) is 6.10 Å². The zero-order chi connectivity index (χ0) is 11.7. The molecule has 3 nitrogen and oxygen atoms in total. The summed E-state index contributed by atoms with van der Waals surface area (Å²) in [5, 5.41) is 3.42. The predicted octanol–water partition coefficient (Wildman–Crippen LogP) is 2.67. The maximum atomic E-state index is 5.95. The molecule has 3 rings (SSSR count). The van der Waals surface area contributed by atoms with E-state index in [1.807, 2.05) is 12.1 Å². The summed E-state index contributed by atoms with van der Waals surface area (Å²) in [4.78, 5) is 4.52. The Bertz CT molecular complexity index is 441. The molecule has 1 saturated heterocycles. The van der Waals surface area contributed by atoms with Crippen LogP contribution in [0.1, 0.15) is 24.5 Å². The molecule has 0 amide bonds. The first-order valence-electron chi connectivity index (χ1n) is 6.03. The Morgan fingerprint density at radius 1 is 1.41 bits per heavy atom. The zero-order valence-electron chi connectivity index (χ0n) is 9.53. The highest BCUT2D eigenvalue weighted by Crippen LogP contribution is 2.27. The van der Waals surface area contributed by atoms with Crippen molar-refractivity contribution in [2.75, 3.05) is 13.1 Å². The summed E-state index contributed by atoms with van der Waals surface area (Å²) in [6.07, 6.45) is 2.45. The molecule has 1 aromatic rings. The average molecular weight is 295 g/mol. The van der Waals surface area contributed by atoms with Gasteiger partial charge < -0.3 is 10.1 Å². The topological polar surface area (TPSA) is 33.6 Å². The van der Waals surface area contributed by atoms with Gasteiger partial charge in [0.25, 0.3) is 0 Å². The van der Waals surface area contributed by atoms with Crippen molar-refractivity contribution in [3.05, 3.63) is 34.3 Å². The summed E-state index contributed by atoms with van der Waals surface area (Å²) in [5.74, 6) is 0.896. The van der Waals surface area contributed by atoms with E-state index in [1.165, 1.54) is 12.0 Å². The third-order valence-corrected chi connectivity index (χ3v) is 3.75. The Hall–Kier alpha value is -0.870. The van der Waals surface area contributed by atoms with Crippen LogP contribution in [0.3, 0.4) is 0 Å². The molecule has 0 spiro atoms. The molecule has 2 unspecified atom stereocenters. The fraction of sp³-hybridized carbons (Fsp3) is 0.462. The van der Waals surface area contributed by atoms with Crippen LogP contribution >= 0.6 is 15.9 Å². The molecule has 0 saturated carbocycles. The minimum Gasteiger partial charge on any atom is -0.470 e. The molecule has 2 aliphatic rings. The highest BCUT2D eigenvalue weighted by atomic mass is 79.9. The summed E-state index contributed by atoms with van der Waals surface area (Å²) < 4.78 is 7.04. The van der Waals surface area contributed by atoms with Gasteiger partial charge in [0, 0.05) is 4.47 Å². The van der Waals surface area contributed by atoms with E-state index in [0.29, 0.717) is 6.04 Å². The van der Waals surface area contributed by atoms with E-state index in [-0.39, 0.29) is 6.10 Å². The van der Waals surface area contributed by atoms with Gasteiger partial charge in [-0.1, -0.05) is 28.1 Å². The second kappa shape index (κ2) is 4.78. The molecule has 2 atom stereocenters. The largest absolute Gasteiger partial charge is 0.470 e. The van der Waals surface area contributed by atoms with Crippen molar-refractivity contribution < 1.29 is 4.74 Å². The molecular weight excluding hydrogens is 280 g/mol. The lowest BCUT2D eigenvalue weighted by Gasteiger charge is -2.15. The third-order valence-electron chi connectivity index (χ3n) is 3.25. The van der Waals surface area contributed by atoms with Gasteiger partial charge in [-0.25, -0.2) is 4.99 Å². The number of benzene rings is 1. The number of rotatable bonds is 2. The van der Waals surface area contributed by atoms with Crippen LogP contribution in [-0.4, -0.2) is 25.0 Å². The SMILES string of the molecule is Brc1cccc(C2CN=C(C3CCCN3)O2)c1. The van der Waals surface area contributed by atoms with E-state index in [9.17, 15) is 0 Å². The lowest BCUT2D eigenvalue weighted by Crippen LogP contribution is -2.31. The minimum absolute atomic E-state index is 0.0879. The summed E-state index contributed by atoms with van der Waals surface area (Å²) >= 11 is 3.49. The van der Waals surface area contributed by atoms with Crippen molar-refractivity contribution in [3.63, 3.8) is 0 Å². The van der Waals surface area contributed by atoms with Crippen LogP contribution in [0.2, 0.25) is 0 Å². The van der Waals surface area contributed by atoms with Gasteiger partial charge in [0.2, 0.25) is 5.90 Å². The van der Waals surface area contributed by atoms with Crippen LogP contribution in [0.25, 0.3) is 0 Å². The van der Waals surface area contributed by atoms with E-state index in [1.54, 1.807) is 0 Å². The van der Waals surface area contributed by atoms with Gasteiger partial charge in [-0.3, -0.25) is 0 Å². The van der Waals surface area contributed by atoms with Gasteiger partial charge in [-0.15, -0.1) is 0 Å². The Morgan fingerprint density at radius 3 is 3.12 bits per heavy atom. The molecule has 0 aromatic heterocycles. The molecule has 17 heavy (non-hydrogen) atoms. The first kappa shape index (κ1) is 11.2. The van der Waals surface area contributed by atoms with E-state index in [4.69, 9.17) is 4.74 Å². The van der Waals surface area contributed by atoms with Gasteiger partial charge >= 0.3 is 0 Å². The van der Waals surface area contributed by atoms with E-state index in [2.05, 4.69) is 38.4 Å². The Balaban J connectivity index is 1.69. The number of aliphatic imine (C=N–C) groups is 1. The second-order valence-corrected chi connectivity index (χ2v) is 5.41. The standard InChI is InChI=1S/C13H15BrN2O/c14-10-4-1-3-9(7-10)12-8-16-13(17-12)11-5-2-6-15-11/h1,3-4,7,11-12,15H,2,5-6,8H2. The summed E-state index contributed by atoms with van der Waals surface area (Å²) in [5.41, 5.74) is 1.19. The first-order valence-corrected chi connectivity index (χ1v) is 6.82. The van der Waals surface area contributed by atoms with Gasteiger partial charge in [-0.2, -0.15) is 0 Å². The van der Waals surface area contributed by atoms with E-state index >= 15 is 0 Å². The third kappa shape index (κ3) is 2.38. The molecule has 90 valence electrons. The normalized spacial score (nSPS) is 27.9. The Labute approximate surface area is 109 Å². The molecule has 1 N–H and O–H groups in total. The van der Waals surface area contributed by atoms with Crippen LogP contribution in [0, 0.1) is 0 Å². The summed E-state index contributed by atoms with van der Waals surface area (Å²) in [6, 6.07) is 8.60. The van der Waals surface area contributed by atoms with Crippen LogP contribution in [-0.2, 0) is 4.74 Å². The van der Waals surface area contributed by atoms with Gasteiger partial charge in [0.05, 0.1) is 12.6 Å².